The summed E-state index contributed by atoms with van der Waals surface area (Å²) in [6.45, 7) is 8.39. The van der Waals surface area contributed by atoms with Crippen LogP contribution in [0.2, 0.25) is 0 Å². The van der Waals surface area contributed by atoms with Crippen molar-refractivity contribution < 1.29 is 9.09 Å². The van der Waals surface area contributed by atoms with E-state index in [9.17, 15) is 4.57 Å². The first-order chi connectivity index (χ1) is 6.81. The highest BCUT2D eigenvalue weighted by atomic mass is 31.2. The van der Waals surface area contributed by atoms with Crippen LogP contribution in [0.1, 0.15) is 20.8 Å². The second-order valence-electron chi connectivity index (χ2n) is 5.02. The third-order valence-corrected chi connectivity index (χ3v) is 3.83. The quantitative estimate of drug-likeness (QED) is 0.739. The molecular weight excluding hydrogens is 207 g/mol. The van der Waals surface area contributed by atoms with E-state index in [-0.39, 0.29) is 5.41 Å². The van der Waals surface area contributed by atoms with Crippen LogP contribution >= 0.6 is 7.37 Å². The van der Waals surface area contributed by atoms with Gasteiger partial charge in [-0.1, -0.05) is 39.0 Å². The summed E-state index contributed by atoms with van der Waals surface area (Å²) in [6.07, 6.45) is 0. The van der Waals surface area contributed by atoms with Gasteiger partial charge in [-0.05, 0) is 17.5 Å². The molecule has 0 bridgehead atoms. The van der Waals surface area contributed by atoms with Gasteiger partial charge in [0.2, 0.25) is 7.37 Å². The average Bonchev–Trinajstić information content (AvgIpc) is 2.16. The summed E-state index contributed by atoms with van der Waals surface area (Å²) >= 11 is 0. The van der Waals surface area contributed by atoms with Crippen molar-refractivity contribution in [1.82, 2.24) is 0 Å². The fraction of sp³-hybridized carbons (Fsp3) is 0.500. The molecule has 1 aromatic carbocycles. The van der Waals surface area contributed by atoms with Crippen LogP contribution in [0.3, 0.4) is 0 Å². The molecule has 1 unspecified atom stereocenters. The van der Waals surface area contributed by atoms with Crippen LogP contribution in [0.25, 0.3) is 0 Å². The van der Waals surface area contributed by atoms with Gasteiger partial charge in [0.15, 0.2) is 0 Å². The maximum absolute atomic E-state index is 12.2. The number of benzene rings is 1. The number of rotatable bonds is 3. The van der Waals surface area contributed by atoms with Gasteiger partial charge in [0.25, 0.3) is 0 Å². The second-order valence-corrected chi connectivity index (χ2v) is 7.48. The maximum atomic E-state index is 12.2. The van der Waals surface area contributed by atoms with Gasteiger partial charge in [-0.2, -0.15) is 0 Å². The summed E-state index contributed by atoms with van der Waals surface area (Å²) in [5.41, 5.74) is 0.0421. The summed E-state index contributed by atoms with van der Waals surface area (Å²) in [6, 6.07) is 9.37. The smallest absolute Gasteiger partial charge is 0.229 e. The lowest BCUT2D eigenvalue weighted by molar-refractivity contribution is 0.204. The van der Waals surface area contributed by atoms with E-state index in [0.29, 0.717) is 6.61 Å². The lowest BCUT2D eigenvalue weighted by atomic mass is 9.99. The van der Waals surface area contributed by atoms with E-state index in [1.54, 1.807) is 6.66 Å². The Balaban J connectivity index is 2.73. The number of hydrogen-bond donors (Lipinski definition) is 0. The summed E-state index contributed by atoms with van der Waals surface area (Å²) in [5, 5.41) is 0.786. The number of hydrogen-bond acceptors (Lipinski definition) is 2. The van der Waals surface area contributed by atoms with E-state index in [1.165, 1.54) is 0 Å². The van der Waals surface area contributed by atoms with E-state index in [2.05, 4.69) is 20.8 Å². The Labute approximate surface area is 92.1 Å². The predicted octanol–water partition coefficient (Wildman–Crippen LogP) is 3.28. The van der Waals surface area contributed by atoms with E-state index >= 15 is 0 Å². The molecule has 0 radical (unpaired) electrons. The average molecular weight is 226 g/mol. The molecule has 0 saturated carbocycles. The normalized spacial score (nSPS) is 16.0. The van der Waals surface area contributed by atoms with Crippen LogP contribution in [-0.2, 0) is 9.09 Å². The van der Waals surface area contributed by atoms with Crippen molar-refractivity contribution in [3.05, 3.63) is 30.3 Å². The Hall–Kier alpha value is -0.590. The summed E-state index contributed by atoms with van der Waals surface area (Å²) in [7, 11) is -2.64. The van der Waals surface area contributed by atoms with Crippen LogP contribution in [0.15, 0.2) is 30.3 Å². The Morgan fingerprint density at radius 3 is 2.20 bits per heavy atom. The molecule has 2 nitrogen and oxygen atoms in total. The minimum atomic E-state index is -2.64. The molecule has 0 aliphatic heterocycles. The van der Waals surface area contributed by atoms with Crippen molar-refractivity contribution >= 4 is 12.7 Å². The molecule has 0 aromatic heterocycles. The van der Waals surface area contributed by atoms with Crippen LogP contribution < -0.4 is 5.30 Å². The summed E-state index contributed by atoms with van der Waals surface area (Å²) < 4.78 is 17.8. The van der Waals surface area contributed by atoms with Crippen molar-refractivity contribution in [3.63, 3.8) is 0 Å². The minimum absolute atomic E-state index is 0.0421. The molecule has 0 fully saturated rings. The van der Waals surface area contributed by atoms with Crippen molar-refractivity contribution in [1.29, 1.82) is 0 Å². The zero-order valence-electron chi connectivity index (χ0n) is 9.86. The first kappa shape index (κ1) is 12.5. The molecule has 1 atom stereocenters. The lowest BCUT2D eigenvalue weighted by Crippen LogP contribution is -2.16. The van der Waals surface area contributed by atoms with Gasteiger partial charge in [-0.3, -0.25) is 4.57 Å². The fourth-order valence-electron chi connectivity index (χ4n) is 1.09. The first-order valence-electron chi connectivity index (χ1n) is 5.09. The van der Waals surface area contributed by atoms with Gasteiger partial charge >= 0.3 is 0 Å². The Morgan fingerprint density at radius 2 is 1.73 bits per heavy atom. The molecule has 15 heavy (non-hydrogen) atoms. The van der Waals surface area contributed by atoms with Gasteiger partial charge < -0.3 is 4.52 Å². The highest BCUT2D eigenvalue weighted by Gasteiger charge is 2.22. The largest absolute Gasteiger partial charge is 0.325 e. The molecule has 0 N–H and O–H groups in total. The van der Waals surface area contributed by atoms with Crippen LogP contribution in [-0.4, -0.2) is 13.3 Å². The molecule has 84 valence electrons. The van der Waals surface area contributed by atoms with Gasteiger partial charge in [0.1, 0.15) is 0 Å². The van der Waals surface area contributed by atoms with Gasteiger partial charge in [-0.15, -0.1) is 0 Å². The fourth-order valence-corrected chi connectivity index (χ4v) is 2.59. The SMILES string of the molecule is CC(C)(C)COP(C)(=O)c1ccccc1. The predicted molar refractivity (Wildman–Crippen MR) is 65.0 cm³/mol. The standard InChI is InChI=1S/C12H19O2P/c1-12(2,3)10-14-15(4,13)11-8-6-5-7-9-11/h5-9H,10H2,1-4H3. The van der Waals surface area contributed by atoms with Crippen LogP contribution in [0, 0.1) is 5.41 Å². The molecule has 0 amide bonds. The topological polar surface area (TPSA) is 26.3 Å². The molecular formula is C12H19O2P. The van der Waals surface area contributed by atoms with Crippen molar-refractivity contribution in [3.8, 4) is 0 Å². The molecule has 0 spiro atoms. The van der Waals surface area contributed by atoms with Gasteiger partial charge in [0.05, 0.1) is 6.61 Å². The van der Waals surface area contributed by atoms with E-state index < -0.39 is 7.37 Å². The lowest BCUT2D eigenvalue weighted by Gasteiger charge is -2.22. The zero-order valence-corrected chi connectivity index (χ0v) is 10.8. The summed E-state index contributed by atoms with van der Waals surface area (Å²) in [5.74, 6) is 0. The zero-order chi connectivity index (χ0) is 11.5. The third kappa shape index (κ3) is 4.19. The Morgan fingerprint density at radius 1 is 1.20 bits per heavy atom. The Bertz CT molecular complexity index is 352. The van der Waals surface area contributed by atoms with Gasteiger partial charge in [0, 0.05) is 12.0 Å². The Kier molecular flexibility index (Phi) is 3.75. The highest BCUT2D eigenvalue weighted by molar-refractivity contribution is 7.66. The highest BCUT2D eigenvalue weighted by Crippen LogP contribution is 2.42. The van der Waals surface area contributed by atoms with Crippen molar-refractivity contribution in [2.24, 2.45) is 5.41 Å². The van der Waals surface area contributed by atoms with Crippen LogP contribution in [0.4, 0.5) is 0 Å². The molecule has 3 heteroatoms. The molecule has 1 rings (SSSR count). The second kappa shape index (κ2) is 4.51. The van der Waals surface area contributed by atoms with Crippen molar-refractivity contribution in [2.45, 2.75) is 20.8 Å². The first-order valence-corrected chi connectivity index (χ1v) is 7.16. The molecule has 0 heterocycles. The molecule has 0 saturated heterocycles. The summed E-state index contributed by atoms with van der Waals surface area (Å²) in [4.78, 5) is 0. The monoisotopic (exact) mass is 226 g/mol. The van der Waals surface area contributed by atoms with E-state index in [4.69, 9.17) is 4.52 Å². The minimum Gasteiger partial charge on any atom is -0.325 e. The molecule has 0 aliphatic rings. The maximum Gasteiger partial charge on any atom is 0.229 e. The van der Waals surface area contributed by atoms with E-state index in [0.717, 1.165) is 5.30 Å². The third-order valence-electron chi connectivity index (χ3n) is 1.97. The molecule has 1 aromatic rings. The van der Waals surface area contributed by atoms with Crippen LogP contribution in [0.5, 0.6) is 0 Å². The van der Waals surface area contributed by atoms with Gasteiger partial charge in [-0.25, -0.2) is 0 Å². The molecule has 0 aliphatic carbocycles. The van der Waals surface area contributed by atoms with E-state index in [1.807, 2.05) is 30.3 Å². The van der Waals surface area contributed by atoms with Crippen molar-refractivity contribution in [2.75, 3.05) is 13.3 Å².